The lowest BCUT2D eigenvalue weighted by molar-refractivity contribution is 0.0514. The van der Waals surface area contributed by atoms with Gasteiger partial charge < -0.3 is 14.0 Å². The van der Waals surface area contributed by atoms with Gasteiger partial charge in [0.15, 0.2) is 11.5 Å². The van der Waals surface area contributed by atoms with Crippen LogP contribution in [-0.2, 0) is 16.1 Å². The Morgan fingerprint density at radius 1 is 1.38 bits per heavy atom. The predicted molar refractivity (Wildman–Crippen MR) is 81.9 cm³/mol. The number of carbonyl (C=O) groups is 1. The van der Waals surface area contributed by atoms with Crippen molar-refractivity contribution in [2.24, 2.45) is 0 Å². The first-order chi connectivity index (χ1) is 10.3. The fraction of sp³-hybridized carbons (Fsp3) is 0.375. The standard InChI is InChI=1S/C14H17NO4.C2H6/c1-3-5-6-7-8-9-17-11-12-10-13(15-19-12)14(16)18-4-2;1-2/h3,5-8,10H,1,4,9,11H2,2H3;1-2H3/b6-5-,8-7+;. The second-order valence-electron chi connectivity index (χ2n) is 3.46. The van der Waals surface area contributed by atoms with Crippen LogP contribution < -0.4 is 0 Å². The number of rotatable bonds is 8. The van der Waals surface area contributed by atoms with Crippen LogP contribution in [0.1, 0.15) is 37.0 Å². The molecule has 5 nitrogen and oxygen atoms in total. The molecule has 0 amide bonds. The third-order valence-electron chi connectivity index (χ3n) is 2.00. The van der Waals surface area contributed by atoms with Gasteiger partial charge in [-0.05, 0) is 6.92 Å². The van der Waals surface area contributed by atoms with Gasteiger partial charge in [0.1, 0.15) is 6.61 Å². The molecule has 0 N–H and O–H groups in total. The number of aromatic nitrogens is 1. The van der Waals surface area contributed by atoms with Crippen molar-refractivity contribution < 1.29 is 18.8 Å². The van der Waals surface area contributed by atoms with Gasteiger partial charge in [-0.15, -0.1) is 0 Å². The monoisotopic (exact) mass is 293 g/mol. The highest BCUT2D eigenvalue weighted by Crippen LogP contribution is 2.06. The van der Waals surface area contributed by atoms with Gasteiger partial charge in [-0.2, -0.15) is 0 Å². The van der Waals surface area contributed by atoms with Crippen molar-refractivity contribution >= 4 is 5.97 Å². The number of hydrogen-bond donors (Lipinski definition) is 0. The average Bonchev–Trinajstić information content (AvgIpc) is 2.98. The average molecular weight is 293 g/mol. The second kappa shape index (κ2) is 12.9. The predicted octanol–water partition coefficient (Wildman–Crippen LogP) is 3.69. The maximum atomic E-state index is 11.3. The fourth-order valence-corrected chi connectivity index (χ4v) is 1.19. The van der Waals surface area contributed by atoms with E-state index in [1.165, 1.54) is 6.07 Å². The lowest BCUT2D eigenvalue weighted by Crippen LogP contribution is -2.04. The van der Waals surface area contributed by atoms with Crippen molar-refractivity contribution in [3.05, 3.63) is 54.5 Å². The summed E-state index contributed by atoms with van der Waals surface area (Å²) in [7, 11) is 0. The molecule has 0 bridgehead atoms. The van der Waals surface area contributed by atoms with E-state index in [9.17, 15) is 4.79 Å². The van der Waals surface area contributed by atoms with Crippen LogP contribution in [0.2, 0.25) is 0 Å². The highest BCUT2D eigenvalue weighted by atomic mass is 16.5. The zero-order chi connectivity index (χ0) is 15.9. The van der Waals surface area contributed by atoms with Crippen LogP contribution in [0.5, 0.6) is 0 Å². The largest absolute Gasteiger partial charge is 0.461 e. The molecule has 0 spiro atoms. The summed E-state index contributed by atoms with van der Waals surface area (Å²) < 4.78 is 15.1. The molecule has 0 atom stereocenters. The number of ether oxygens (including phenoxy) is 2. The zero-order valence-corrected chi connectivity index (χ0v) is 12.9. The van der Waals surface area contributed by atoms with Crippen molar-refractivity contribution in [3.8, 4) is 0 Å². The Labute approximate surface area is 125 Å². The number of nitrogens with zero attached hydrogens (tertiary/aromatic N) is 1. The molecule has 0 aliphatic rings. The van der Waals surface area contributed by atoms with Gasteiger partial charge in [-0.1, -0.05) is 56.0 Å². The van der Waals surface area contributed by atoms with Crippen LogP contribution in [0.3, 0.4) is 0 Å². The number of esters is 1. The SMILES string of the molecule is C=C/C=C\C=C\COCc1cc(C(=O)OCC)no1.CC. The third kappa shape index (κ3) is 8.60. The van der Waals surface area contributed by atoms with Crippen LogP contribution in [0.25, 0.3) is 0 Å². The summed E-state index contributed by atoms with van der Waals surface area (Å²) in [6.07, 6.45) is 9.06. The minimum atomic E-state index is -0.494. The molecule has 0 aliphatic heterocycles. The van der Waals surface area contributed by atoms with E-state index >= 15 is 0 Å². The molecule has 1 aromatic rings. The van der Waals surface area contributed by atoms with Crippen molar-refractivity contribution in [3.63, 3.8) is 0 Å². The Morgan fingerprint density at radius 3 is 2.81 bits per heavy atom. The first-order valence-electron chi connectivity index (χ1n) is 6.92. The van der Waals surface area contributed by atoms with E-state index in [0.717, 1.165) is 0 Å². The Bertz CT molecular complexity index is 461. The molecule has 0 aromatic carbocycles. The summed E-state index contributed by atoms with van der Waals surface area (Å²) in [5, 5.41) is 3.60. The van der Waals surface area contributed by atoms with Crippen LogP contribution in [0.15, 0.2) is 47.5 Å². The van der Waals surface area contributed by atoms with Crippen molar-refractivity contribution in [1.29, 1.82) is 0 Å². The Balaban J connectivity index is 0.00000191. The van der Waals surface area contributed by atoms with Crippen LogP contribution in [-0.4, -0.2) is 24.3 Å². The molecule has 0 unspecified atom stereocenters. The quantitative estimate of drug-likeness (QED) is 0.415. The smallest absolute Gasteiger partial charge is 0.360 e. The molecule has 0 radical (unpaired) electrons. The van der Waals surface area contributed by atoms with E-state index in [1.807, 2.05) is 38.2 Å². The van der Waals surface area contributed by atoms with Crippen LogP contribution in [0.4, 0.5) is 0 Å². The summed E-state index contributed by atoms with van der Waals surface area (Å²) in [5.41, 5.74) is 0.157. The van der Waals surface area contributed by atoms with Gasteiger partial charge in [-0.25, -0.2) is 4.79 Å². The van der Waals surface area contributed by atoms with Gasteiger partial charge in [-0.3, -0.25) is 0 Å². The molecule has 21 heavy (non-hydrogen) atoms. The van der Waals surface area contributed by atoms with E-state index in [0.29, 0.717) is 19.0 Å². The van der Waals surface area contributed by atoms with Crippen LogP contribution >= 0.6 is 0 Å². The summed E-state index contributed by atoms with van der Waals surface area (Å²) in [6, 6.07) is 1.51. The molecule has 1 aromatic heterocycles. The highest BCUT2D eigenvalue weighted by molar-refractivity contribution is 5.87. The van der Waals surface area contributed by atoms with E-state index < -0.39 is 5.97 Å². The van der Waals surface area contributed by atoms with E-state index in [1.54, 1.807) is 13.0 Å². The number of carbonyl (C=O) groups excluding carboxylic acids is 1. The Hall–Kier alpha value is -2.14. The van der Waals surface area contributed by atoms with Crippen molar-refractivity contribution in [2.75, 3.05) is 13.2 Å². The zero-order valence-electron chi connectivity index (χ0n) is 12.9. The molecule has 1 heterocycles. The van der Waals surface area contributed by atoms with E-state index in [-0.39, 0.29) is 12.3 Å². The first-order valence-corrected chi connectivity index (χ1v) is 6.92. The van der Waals surface area contributed by atoms with Crippen molar-refractivity contribution in [1.82, 2.24) is 5.16 Å². The molecule has 0 aliphatic carbocycles. The minimum Gasteiger partial charge on any atom is -0.461 e. The van der Waals surface area contributed by atoms with Gasteiger partial charge in [0.2, 0.25) is 0 Å². The molecule has 5 heteroatoms. The normalized spacial score (nSPS) is 10.4. The topological polar surface area (TPSA) is 61.6 Å². The van der Waals surface area contributed by atoms with E-state index in [4.69, 9.17) is 14.0 Å². The third-order valence-corrected chi connectivity index (χ3v) is 2.00. The minimum absolute atomic E-state index is 0.157. The first kappa shape index (κ1) is 18.9. The van der Waals surface area contributed by atoms with Gasteiger partial charge in [0.05, 0.1) is 13.2 Å². The summed E-state index contributed by atoms with van der Waals surface area (Å²) in [5.74, 6) is -0.00922. The maximum absolute atomic E-state index is 11.3. The fourth-order valence-electron chi connectivity index (χ4n) is 1.19. The number of allylic oxidation sites excluding steroid dienone is 4. The van der Waals surface area contributed by atoms with Gasteiger partial charge >= 0.3 is 5.97 Å². The Kier molecular flexibility index (Phi) is 11.6. The molecule has 0 saturated carbocycles. The Morgan fingerprint density at radius 2 is 2.14 bits per heavy atom. The van der Waals surface area contributed by atoms with Gasteiger partial charge in [0.25, 0.3) is 0 Å². The molecule has 0 saturated heterocycles. The number of hydrogen-bond acceptors (Lipinski definition) is 5. The molecule has 0 fully saturated rings. The van der Waals surface area contributed by atoms with Crippen LogP contribution in [0, 0.1) is 0 Å². The lowest BCUT2D eigenvalue weighted by atomic mass is 10.4. The molecule has 116 valence electrons. The molecular weight excluding hydrogens is 270 g/mol. The maximum Gasteiger partial charge on any atom is 0.360 e. The van der Waals surface area contributed by atoms with E-state index in [2.05, 4.69) is 11.7 Å². The van der Waals surface area contributed by atoms with Gasteiger partial charge in [0, 0.05) is 6.07 Å². The summed E-state index contributed by atoms with van der Waals surface area (Å²) >= 11 is 0. The lowest BCUT2D eigenvalue weighted by Gasteiger charge is -1.95. The molecular formula is C16H23NO4. The molecule has 1 rings (SSSR count). The summed E-state index contributed by atoms with van der Waals surface area (Å²) in [4.78, 5) is 11.3. The second-order valence-corrected chi connectivity index (χ2v) is 3.46. The summed E-state index contributed by atoms with van der Waals surface area (Å²) in [6.45, 7) is 10.3. The highest BCUT2D eigenvalue weighted by Gasteiger charge is 2.12. The van der Waals surface area contributed by atoms with Crippen molar-refractivity contribution in [2.45, 2.75) is 27.4 Å².